The molecule has 3 atom stereocenters. The lowest BCUT2D eigenvalue weighted by Gasteiger charge is -2.28. The highest BCUT2D eigenvalue weighted by atomic mass is 19.1. The Hall–Kier alpha value is -1.62. The second-order valence-corrected chi connectivity index (χ2v) is 5.91. The number of rotatable bonds is 3. The normalized spacial score (nSPS) is 27.8. The van der Waals surface area contributed by atoms with Crippen LogP contribution in [0.5, 0.6) is 5.75 Å². The van der Waals surface area contributed by atoms with Crippen LogP contribution < -0.4 is 15.8 Å². The molecule has 1 aromatic rings. The number of ether oxygens (including phenoxy) is 1. The summed E-state index contributed by atoms with van der Waals surface area (Å²) in [6.07, 6.45) is 3.64. The van der Waals surface area contributed by atoms with E-state index in [1.807, 2.05) is 0 Å². The van der Waals surface area contributed by atoms with Gasteiger partial charge in [0.2, 0.25) is 5.91 Å². The summed E-state index contributed by atoms with van der Waals surface area (Å²) >= 11 is 0. The number of carbonyl (C=O) groups is 1. The standard InChI is InChI=1S/C16H21FN2O2/c17-11-4-5-15-13(8-11)14(6-7-21-15)19-16(20)12-3-1-2-10(12)9-18/h4-5,8,10,12,14H,1-3,6-7,9,18H2,(H,19,20)/t10-,12-,14?/m1/s1. The van der Waals surface area contributed by atoms with Crippen molar-refractivity contribution < 1.29 is 13.9 Å². The maximum Gasteiger partial charge on any atom is 0.223 e. The fourth-order valence-corrected chi connectivity index (χ4v) is 3.46. The van der Waals surface area contributed by atoms with Gasteiger partial charge in [0.25, 0.3) is 0 Å². The van der Waals surface area contributed by atoms with E-state index in [-0.39, 0.29) is 29.6 Å². The Morgan fingerprint density at radius 2 is 2.24 bits per heavy atom. The van der Waals surface area contributed by atoms with Crippen molar-refractivity contribution in [1.29, 1.82) is 0 Å². The summed E-state index contributed by atoms with van der Waals surface area (Å²) in [4.78, 5) is 12.5. The fourth-order valence-electron chi connectivity index (χ4n) is 3.46. The lowest BCUT2D eigenvalue weighted by molar-refractivity contribution is -0.126. The molecule has 0 aromatic heterocycles. The van der Waals surface area contributed by atoms with Crippen LogP contribution in [-0.2, 0) is 4.79 Å². The molecule has 2 aliphatic rings. The molecule has 1 saturated carbocycles. The predicted molar refractivity (Wildman–Crippen MR) is 77.3 cm³/mol. The van der Waals surface area contributed by atoms with E-state index in [0.717, 1.165) is 24.8 Å². The van der Waals surface area contributed by atoms with Gasteiger partial charge < -0.3 is 15.8 Å². The van der Waals surface area contributed by atoms with Crippen molar-refractivity contribution >= 4 is 5.91 Å². The lowest BCUT2D eigenvalue weighted by Crippen LogP contribution is -2.38. The van der Waals surface area contributed by atoms with Crippen LogP contribution in [-0.4, -0.2) is 19.1 Å². The molecule has 3 rings (SSSR count). The topological polar surface area (TPSA) is 64.4 Å². The summed E-state index contributed by atoms with van der Waals surface area (Å²) in [5.74, 6) is 0.672. The third-order valence-electron chi connectivity index (χ3n) is 4.63. The van der Waals surface area contributed by atoms with Crippen LogP contribution in [0, 0.1) is 17.7 Å². The second kappa shape index (κ2) is 6.02. The average molecular weight is 292 g/mol. The van der Waals surface area contributed by atoms with E-state index in [9.17, 15) is 9.18 Å². The van der Waals surface area contributed by atoms with Crippen LogP contribution in [0.25, 0.3) is 0 Å². The smallest absolute Gasteiger partial charge is 0.223 e. The Labute approximate surface area is 123 Å². The number of hydrogen-bond acceptors (Lipinski definition) is 3. The van der Waals surface area contributed by atoms with E-state index in [0.29, 0.717) is 25.3 Å². The summed E-state index contributed by atoms with van der Waals surface area (Å²) in [5, 5.41) is 3.07. The molecular formula is C16H21FN2O2. The van der Waals surface area contributed by atoms with Gasteiger partial charge in [-0.25, -0.2) is 4.39 Å². The Morgan fingerprint density at radius 1 is 1.38 bits per heavy atom. The molecule has 1 heterocycles. The predicted octanol–water partition coefficient (Wildman–Crippen LogP) is 2.14. The van der Waals surface area contributed by atoms with Crippen molar-refractivity contribution in [2.24, 2.45) is 17.6 Å². The van der Waals surface area contributed by atoms with Crippen molar-refractivity contribution in [3.63, 3.8) is 0 Å². The van der Waals surface area contributed by atoms with Gasteiger partial charge in [-0.1, -0.05) is 6.42 Å². The molecule has 5 heteroatoms. The van der Waals surface area contributed by atoms with Gasteiger partial charge in [-0.3, -0.25) is 4.79 Å². The molecule has 1 aromatic carbocycles. The quantitative estimate of drug-likeness (QED) is 0.897. The Bertz CT molecular complexity index is 535. The minimum absolute atomic E-state index is 0.00476. The van der Waals surface area contributed by atoms with Crippen LogP contribution in [0.15, 0.2) is 18.2 Å². The molecule has 1 fully saturated rings. The first-order valence-electron chi connectivity index (χ1n) is 7.61. The van der Waals surface area contributed by atoms with E-state index in [1.54, 1.807) is 6.07 Å². The number of fused-ring (bicyclic) bond motifs is 1. The van der Waals surface area contributed by atoms with Crippen LogP contribution in [0.2, 0.25) is 0 Å². The van der Waals surface area contributed by atoms with Crippen molar-refractivity contribution in [2.45, 2.75) is 31.7 Å². The molecule has 0 radical (unpaired) electrons. The largest absolute Gasteiger partial charge is 0.493 e. The van der Waals surface area contributed by atoms with Crippen LogP contribution in [0.4, 0.5) is 4.39 Å². The van der Waals surface area contributed by atoms with E-state index >= 15 is 0 Å². The number of nitrogens with one attached hydrogen (secondary N) is 1. The molecule has 21 heavy (non-hydrogen) atoms. The SMILES string of the molecule is NC[C@H]1CCC[C@H]1C(=O)NC1CCOc2ccc(F)cc21. The van der Waals surface area contributed by atoms with Crippen LogP contribution in [0.1, 0.15) is 37.3 Å². The van der Waals surface area contributed by atoms with Gasteiger partial charge in [-0.2, -0.15) is 0 Å². The van der Waals surface area contributed by atoms with Crippen molar-refractivity contribution in [3.8, 4) is 5.75 Å². The molecule has 0 bridgehead atoms. The highest BCUT2D eigenvalue weighted by Gasteiger charge is 2.34. The minimum Gasteiger partial charge on any atom is -0.493 e. The molecule has 1 aliphatic heterocycles. The van der Waals surface area contributed by atoms with Crippen LogP contribution >= 0.6 is 0 Å². The van der Waals surface area contributed by atoms with Gasteiger partial charge in [0.1, 0.15) is 11.6 Å². The maximum atomic E-state index is 13.4. The molecule has 1 amide bonds. The van der Waals surface area contributed by atoms with Gasteiger partial charge >= 0.3 is 0 Å². The van der Waals surface area contributed by atoms with E-state index in [2.05, 4.69) is 5.32 Å². The van der Waals surface area contributed by atoms with Crippen molar-refractivity contribution in [3.05, 3.63) is 29.6 Å². The summed E-state index contributed by atoms with van der Waals surface area (Å²) in [6.45, 7) is 1.09. The zero-order valence-electron chi connectivity index (χ0n) is 12.0. The number of nitrogens with two attached hydrogens (primary N) is 1. The summed E-state index contributed by atoms with van der Waals surface area (Å²) in [7, 11) is 0. The molecular weight excluding hydrogens is 271 g/mol. The highest BCUT2D eigenvalue weighted by molar-refractivity contribution is 5.80. The van der Waals surface area contributed by atoms with E-state index in [4.69, 9.17) is 10.5 Å². The monoisotopic (exact) mass is 292 g/mol. The first-order chi connectivity index (χ1) is 10.2. The van der Waals surface area contributed by atoms with Gasteiger partial charge in [0.05, 0.1) is 12.6 Å². The third kappa shape index (κ3) is 2.88. The minimum atomic E-state index is -0.306. The summed E-state index contributed by atoms with van der Waals surface area (Å²) in [5.41, 5.74) is 6.48. The molecule has 1 aliphatic carbocycles. The van der Waals surface area contributed by atoms with Crippen molar-refractivity contribution in [1.82, 2.24) is 5.32 Å². The van der Waals surface area contributed by atoms with E-state index in [1.165, 1.54) is 12.1 Å². The molecule has 0 spiro atoms. The lowest BCUT2D eigenvalue weighted by atomic mass is 9.93. The Balaban J connectivity index is 1.74. The molecule has 1 unspecified atom stereocenters. The molecule has 4 nitrogen and oxygen atoms in total. The van der Waals surface area contributed by atoms with Crippen molar-refractivity contribution in [2.75, 3.05) is 13.2 Å². The van der Waals surface area contributed by atoms with Gasteiger partial charge in [0, 0.05) is 17.9 Å². The zero-order valence-corrected chi connectivity index (χ0v) is 12.0. The molecule has 114 valence electrons. The summed E-state index contributed by atoms with van der Waals surface area (Å²) in [6, 6.07) is 4.29. The maximum absolute atomic E-state index is 13.4. The number of benzene rings is 1. The van der Waals surface area contributed by atoms with Gasteiger partial charge in [-0.05, 0) is 43.5 Å². The summed E-state index contributed by atoms with van der Waals surface area (Å²) < 4.78 is 19.0. The average Bonchev–Trinajstić information content (AvgIpc) is 2.96. The number of carbonyl (C=O) groups excluding carboxylic acids is 1. The number of halogens is 1. The fraction of sp³-hybridized carbons (Fsp3) is 0.562. The zero-order chi connectivity index (χ0) is 14.8. The molecule has 0 saturated heterocycles. The van der Waals surface area contributed by atoms with Gasteiger partial charge in [0.15, 0.2) is 0 Å². The highest BCUT2D eigenvalue weighted by Crippen LogP contribution is 2.35. The number of amides is 1. The van der Waals surface area contributed by atoms with Gasteiger partial charge in [-0.15, -0.1) is 0 Å². The third-order valence-corrected chi connectivity index (χ3v) is 4.63. The van der Waals surface area contributed by atoms with E-state index < -0.39 is 0 Å². The van der Waals surface area contributed by atoms with Crippen LogP contribution in [0.3, 0.4) is 0 Å². The Morgan fingerprint density at radius 3 is 3.05 bits per heavy atom. The number of hydrogen-bond donors (Lipinski definition) is 2. The second-order valence-electron chi connectivity index (χ2n) is 5.91. The first kappa shape index (κ1) is 14.3. The first-order valence-corrected chi connectivity index (χ1v) is 7.61. The molecule has 3 N–H and O–H groups in total. The Kier molecular flexibility index (Phi) is 4.10.